The van der Waals surface area contributed by atoms with Gasteiger partial charge in [-0.2, -0.15) is 5.10 Å². The number of benzene rings is 2. The molecule has 4 aromatic rings. The summed E-state index contributed by atoms with van der Waals surface area (Å²) in [7, 11) is 0. The zero-order chi connectivity index (χ0) is 19.3. The van der Waals surface area contributed by atoms with Crippen molar-refractivity contribution >= 4 is 23.0 Å². The maximum absolute atomic E-state index is 12.2. The Morgan fingerprint density at radius 2 is 1.86 bits per heavy atom. The number of hydrogen-bond donors (Lipinski definition) is 1. The third kappa shape index (κ3) is 3.83. The van der Waals surface area contributed by atoms with Crippen LogP contribution < -0.4 is 5.43 Å². The Kier molecular flexibility index (Phi) is 4.97. The number of hydrogen-bond acceptors (Lipinski definition) is 3. The first-order valence-electron chi connectivity index (χ1n) is 9.08. The van der Waals surface area contributed by atoms with Gasteiger partial charge in [0.15, 0.2) is 0 Å². The molecule has 0 bridgehead atoms. The third-order valence-electron chi connectivity index (χ3n) is 4.56. The Balaban J connectivity index is 1.56. The fourth-order valence-electron chi connectivity index (χ4n) is 3.12. The minimum atomic E-state index is -0.281. The fourth-order valence-corrected chi connectivity index (χ4v) is 3.12. The van der Waals surface area contributed by atoms with E-state index in [-0.39, 0.29) is 5.91 Å². The van der Waals surface area contributed by atoms with Crippen molar-refractivity contribution in [2.45, 2.75) is 13.5 Å². The molecule has 0 saturated carbocycles. The number of nitrogens with one attached hydrogen (secondary N) is 1. The maximum Gasteiger partial charge on any atom is 0.272 e. The van der Waals surface area contributed by atoms with Gasteiger partial charge >= 0.3 is 0 Å². The van der Waals surface area contributed by atoms with Crippen LogP contribution in [0.1, 0.15) is 27.2 Å². The molecule has 1 amide bonds. The predicted octanol–water partition coefficient (Wildman–Crippen LogP) is 4.16. The van der Waals surface area contributed by atoms with Gasteiger partial charge in [0, 0.05) is 41.1 Å². The highest BCUT2D eigenvalue weighted by Gasteiger charge is 2.08. The number of carbonyl (C=O) groups excluding carboxylic acids is 1. The third-order valence-corrected chi connectivity index (χ3v) is 4.56. The van der Waals surface area contributed by atoms with Gasteiger partial charge in [0.25, 0.3) is 5.91 Å². The normalized spacial score (nSPS) is 11.2. The molecule has 0 aliphatic rings. The van der Waals surface area contributed by atoms with Crippen molar-refractivity contribution in [3.63, 3.8) is 0 Å². The van der Waals surface area contributed by atoms with Gasteiger partial charge in [0.2, 0.25) is 0 Å². The Morgan fingerprint density at radius 3 is 2.64 bits per heavy atom. The Hall–Kier alpha value is -3.73. The van der Waals surface area contributed by atoms with Gasteiger partial charge < -0.3 is 4.57 Å². The van der Waals surface area contributed by atoms with Crippen LogP contribution in [-0.2, 0) is 6.54 Å². The number of para-hydroxylation sites is 1. The van der Waals surface area contributed by atoms with E-state index in [9.17, 15) is 4.79 Å². The molecular weight excluding hydrogens is 348 g/mol. The van der Waals surface area contributed by atoms with Crippen molar-refractivity contribution in [1.29, 1.82) is 0 Å². The summed E-state index contributed by atoms with van der Waals surface area (Å²) in [5, 5.41) is 5.24. The monoisotopic (exact) mass is 368 g/mol. The minimum Gasteiger partial charge on any atom is -0.342 e. The van der Waals surface area contributed by atoms with Crippen LogP contribution in [0.25, 0.3) is 10.9 Å². The highest BCUT2D eigenvalue weighted by molar-refractivity contribution is 6.00. The van der Waals surface area contributed by atoms with Crippen LogP contribution in [-0.4, -0.2) is 21.7 Å². The summed E-state index contributed by atoms with van der Waals surface area (Å²) >= 11 is 0. The van der Waals surface area contributed by atoms with Crippen LogP contribution in [0, 0.1) is 6.92 Å². The lowest BCUT2D eigenvalue weighted by Gasteiger charge is -2.05. The zero-order valence-corrected chi connectivity index (χ0v) is 15.5. The molecule has 0 atom stereocenters. The SMILES string of the molecule is Cc1ccc(C(=O)N/N=C\c2cn(Cc3ccccc3)c3ccccc23)cn1. The first-order chi connectivity index (χ1) is 13.7. The highest BCUT2D eigenvalue weighted by Crippen LogP contribution is 2.21. The van der Waals surface area contributed by atoms with E-state index in [1.807, 2.05) is 37.3 Å². The van der Waals surface area contributed by atoms with Crippen LogP contribution in [0.3, 0.4) is 0 Å². The summed E-state index contributed by atoms with van der Waals surface area (Å²) in [6, 6.07) is 22.0. The number of pyridine rings is 1. The average Bonchev–Trinajstić information content (AvgIpc) is 3.07. The summed E-state index contributed by atoms with van der Waals surface area (Å²) in [6.07, 6.45) is 5.29. The lowest BCUT2D eigenvalue weighted by Crippen LogP contribution is -2.17. The predicted molar refractivity (Wildman–Crippen MR) is 112 cm³/mol. The molecular formula is C23H20N4O. The topological polar surface area (TPSA) is 59.3 Å². The lowest BCUT2D eigenvalue weighted by molar-refractivity contribution is 0.0955. The molecule has 1 N–H and O–H groups in total. The molecule has 5 heteroatoms. The number of nitrogens with zero attached hydrogens (tertiary/aromatic N) is 3. The molecule has 2 aromatic carbocycles. The molecule has 2 aromatic heterocycles. The van der Waals surface area contributed by atoms with Crippen molar-refractivity contribution in [3.8, 4) is 0 Å². The molecule has 0 spiro atoms. The number of hydrazone groups is 1. The number of fused-ring (bicyclic) bond motifs is 1. The molecule has 4 rings (SSSR count). The standard InChI is InChI=1S/C23H20N4O/c1-17-11-12-19(13-24-17)23(28)26-25-14-20-16-27(15-18-7-3-2-4-8-18)22-10-6-5-9-21(20)22/h2-14,16H,15H2,1H3,(H,26,28)/b25-14-. The molecule has 138 valence electrons. The van der Waals surface area contributed by atoms with Crippen LogP contribution in [0.2, 0.25) is 0 Å². The minimum absolute atomic E-state index is 0.281. The number of amides is 1. The number of aromatic nitrogens is 2. The molecule has 2 heterocycles. The maximum atomic E-state index is 12.2. The quantitative estimate of drug-likeness (QED) is 0.425. The summed E-state index contributed by atoms with van der Waals surface area (Å²) in [5.41, 5.74) is 7.23. The Bertz CT molecular complexity index is 1130. The number of rotatable bonds is 5. The zero-order valence-electron chi connectivity index (χ0n) is 15.5. The van der Waals surface area contributed by atoms with E-state index in [4.69, 9.17) is 0 Å². The van der Waals surface area contributed by atoms with E-state index in [1.54, 1.807) is 24.5 Å². The lowest BCUT2D eigenvalue weighted by atomic mass is 10.2. The van der Waals surface area contributed by atoms with E-state index in [0.717, 1.165) is 28.7 Å². The highest BCUT2D eigenvalue weighted by atomic mass is 16.2. The average molecular weight is 368 g/mol. The van der Waals surface area contributed by atoms with Crippen LogP contribution in [0.4, 0.5) is 0 Å². The molecule has 0 aliphatic carbocycles. The fraction of sp³-hybridized carbons (Fsp3) is 0.0870. The van der Waals surface area contributed by atoms with E-state index < -0.39 is 0 Å². The van der Waals surface area contributed by atoms with E-state index in [1.165, 1.54) is 5.56 Å². The molecule has 0 unspecified atom stereocenters. The second kappa shape index (κ2) is 7.88. The van der Waals surface area contributed by atoms with E-state index in [2.05, 4.69) is 50.5 Å². The summed E-state index contributed by atoms with van der Waals surface area (Å²) in [6.45, 7) is 2.65. The van der Waals surface area contributed by atoms with Gasteiger partial charge in [-0.05, 0) is 30.7 Å². The van der Waals surface area contributed by atoms with Gasteiger partial charge in [-0.25, -0.2) is 5.43 Å². The Morgan fingerprint density at radius 1 is 1.07 bits per heavy atom. The first kappa shape index (κ1) is 17.7. The van der Waals surface area contributed by atoms with Crippen LogP contribution in [0.15, 0.2) is 84.2 Å². The van der Waals surface area contributed by atoms with Gasteiger partial charge in [-0.3, -0.25) is 9.78 Å². The largest absolute Gasteiger partial charge is 0.342 e. The van der Waals surface area contributed by atoms with E-state index >= 15 is 0 Å². The van der Waals surface area contributed by atoms with Crippen LogP contribution >= 0.6 is 0 Å². The van der Waals surface area contributed by atoms with Gasteiger partial charge in [-0.1, -0.05) is 48.5 Å². The molecule has 0 saturated heterocycles. The summed E-state index contributed by atoms with van der Waals surface area (Å²) in [5.74, 6) is -0.281. The second-order valence-corrected chi connectivity index (χ2v) is 6.60. The number of carbonyl (C=O) groups is 1. The molecule has 0 radical (unpaired) electrons. The number of aryl methyl sites for hydroxylation is 1. The Labute approximate surface area is 163 Å². The smallest absolute Gasteiger partial charge is 0.272 e. The molecule has 5 nitrogen and oxygen atoms in total. The van der Waals surface area contributed by atoms with E-state index in [0.29, 0.717) is 5.56 Å². The first-order valence-corrected chi connectivity index (χ1v) is 9.08. The van der Waals surface area contributed by atoms with Gasteiger partial charge in [0.05, 0.1) is 11.8 Å². The van der Waals surface area contributed by atoms with Gasteiger partial charge in [-0.15, -0.1) is 0 Å². The molecule has 0 fully saturated rings. The van der Waals surface area contributed by atoms with Crippen molar-refractivity contribution in [2.24, 2.45) is 5.10 Å². The molecule has 28 heavy (non-hydrogen) atoms. The van der Waals surface area contributed by atoms with Crippen LogP contribution in [0.5, 0.6) is 0 Å². The van der Waals surface area contributed by atoms with Gasteiger partial charge in [0.1, 0.15) is 0 Å². The van der Waals surface area contributed by atoms with Crippen molar-refractivity contribution in [3.05, 3.63) is 102 Å². The van der Waals surface area contributed by atoms with Crippen molar-refractivity contribution < 1.29 is 4.79 Å². The summed E-state index contributed by atoms with van der Waals surface area (Å²) < 4.78 is 2.19. The second-order valence-electron chi connectivity index (χ2n) is 6.60. The molecule has 0 aliphatic heterocycles. The summed E-state index contributed by atoms with van der Waals surface area (Å²) in [4.78, 5) is 16.3. The van der Waals surface area contributed by atoms with Crippen molar-refractivity contribution in [2.75, 3.05) is 0 Å². The van der Waals surface area contributed by atoms with Crippen molar-refractivity contribution in [1.82, 2.24) is 15.0 Å².